The second kappa shape index (κ2) is 4.86. The standard InChI is InChI=1S/C2H4F2.Na.H/c1-2(3)4;;/h2H,1H3;;/q;+1;-1. The molecule has 0 N–H and O–H groups in total. The fourth-order valence-electron chi connectivity index (χ4n) is 0. The summed E-state index contributed by atoms with van der Waals surface area (Å²) in [6, 6.07) is 0. The molecule has 0 aliphatic heterocycles. The molecule has 5 heavy (non-hydrogen) atoms. The van der Waals surface area contributed by atoms with Gasteiger partial charge in [0.05, 0.1) is 0 Å². The molecule has 0 aromatic heterocycles. The molecule has 0 rings (SSSR count). The van der Waals surface area contributed by atoms with Crippen molar-refractivity contribution in [3.63, 3.8) is 0 Å². The van der Waals surface area contributed by atoms with E-state index in [-0.39, 0.29) is 31.0 Å². The van der Waals surface area contributed by atoms with Crippen molar-refractivity contribution in [1.29, 1.82) is 0 Å². The molecule has 0 heterocycles. The normalized spacial score (nSPS) is 7.20. The van der Waals surface area contributed by atoms with Crippen LogP contribution in [0.5, 0.6) is 0 Å². The molecule has 0 bridgehead atoms. The van der Waals surface area contributed by atoms with E-state index in [1.165, 1.54) is 0 Å². The zero-order valence-electron chi connectivity index (χ0n) is 4.33. The smallest absolute Gasteiger partial charge is 1.00 e. The van der Waals surface area contributed by atoms with Gasteiger partial charge in [0.1, 0.15) is 0 Å². The van der Waals surface area contributed by atoms with Crippen LogP contribution in [0.1, 0.15) is 8.35 Å². The molecule has 0 amide bonds. The van der Waals surface area contributed by atoms with Gasteiger partial charge in [-0.1, -0.05) is 0 Å². The molecule has 0 fully saturated rings. The van der Waals surface area contributed by atoms with Crippen LogP contribution in [0.3, 0.4) is 0 Å². The first-order valence-electron chi connectivity index (χ1n) is 1.01. The van der Waals surface area contributed by atoms with E-state index < -0.39 is 6.43 Å². The predicted octanol–water partition coefficient (Wildman–Crippen LogP) is -1.61. The SMILES string of the molecule is CC(F)F.[H-].[Na+]. The monoisotopic (exact) mass is 90.0 g/mol. The van der Waals surface area contributed by atoms with Crippen LogP contribution in [0.25, 0.3) is 0 Å². The van der Waals surface area contributed by atoms with Crippen molar-refractivity contribution >= 4 is 0 Å². The molecule has 0 atom stereocenters. The van der Waals surface area contributed by atoms with E-state index in [1.54, 1.807) is 0 Å². The van der Waals surface area contributed by atoms with E-state index in [9.17, 15) is 8.78 Å². The van der Waals surface area contributed by atoms with Gasteiger partial charge in [-0.25, -0.2) is 8.78 Å². The first-order chi connectivity index (χ1) is 1.73. The van der Waals surface area contributed by atoms with Crippen LogP contribution in [-0.4, -0.2) is 6.43 Å². The molecular formula is C2H5F2Na. The van der Waals surface area contributed by atoms with Crippen LogP contribution >= 0.6 is 0 Å². The maximum Gasteiger partial charge on any atom is 1.00 e. The largest absolute Gasteiger partial charge is 1.00 e. The number of hydrogen-bond donors (Lipinski definition) is 0. The number of hydrogen-bond acceptors (Lipinski definition) is 0. The Labute approximate surface area is 53.3 Å². The Morgan fingerprint density at radius 2 is 1.60 bits per heavy atom. The van der Waals surface area contributed by atoms with Crippen LogP contribution in [0.4, 0.5) is 8.78 Å². The summed E-state index contributed by atoms with van der Waals surface area (Å²) in [5.41, 5.74) is 0. The maximum atomic E-state index is 10.3. The zero-order valence-corrected chi connectivity index (χ0v) is 5.33. The number of halogens is 2. The van der Waals surface area contributed by atoms with Gasteiger partial charge in [0.15, 0.2) is 0 Å². The van der Waals surface area contributed by atoms with Crippen molar-refractivity contribution in [1.82, 2.24) is 0 Å². The minimum absolute atomic E-state index is 0. The van der Waals surface area contributed by atoms with E-state index in [0.29, 0.717) is 0 Å². The fourth-order valence-corrected chi connectivity index (χ4v) is 0. The molecule has 0 aromatic rings. The van der Waals surface area contributed by atoms with Crippen molar-refractivity contribution in [2.45, 2.75) is 13.3 Å². The second-order valence-corrected chi connectivity index (χ2v) is 0.519. The maximum absolute atomic E-state index is 10.3. The van der Waals surface area contributed by atoms with Gasteiger partial charge in [0, 0.05) is 0 Å². The van der Waals surface area contributed by atoms with Gasteiger partial charge in [-0.15, -0.1) is 0 Å². The Balaban J connectivity index is -0.0000000450. The number of rotatable bonds is 0. The molecule has 0 spiro atoms. The van der Waals surface area contributed by atoms with Crippen molar-refractivity contribution < 1.29 is 39.8 Å². The van der Waals surface area contributed by atoms with Crippen molar-refractivity contribution in [2.24, 2.45) is 0 Å². The Morgan fingerprint density at radius 1 is 1.60 bits per heavy atom. The molecule has 0 aromatic carbocycles. The van der Waals surface area contributed by atoms with Crippen molar-refractivity contribution in [2.75, 3.05) is 0 Å². The van der Waals surface area contributed by atoms with E-state index >= 15 is 0 Å². The molecule has 0 nitrogen and oxygen atoms in total. The third-order valence-corrected chi connectivity index (χ3v) is 0. The van der Waals surface area contributed by atoms with E-state index in [4.69, 9.17) is 0 Å². The summed E-state index contributed by atoms with van der Waals surface area (Å²) in [5.74, 6) is 0. The summed E-state index contributed by atoms with van der Waals surface area (Å²) in [6.07, 6.45) is -2.17. The van der Waals surface area contributed by atoms with Gasteiger partial charge in [0.25, 0.3) is 0 Å². The van der Waals surface area contributed by atoms with Gasteiger partial charge in [-0.05, 0) is 6.92 Å². The molecule has 0 radical (unpaired) electrons. The molecule has 0 saturated carbocycles. The average Bonchev–Trinajstić information content (AvgIpc) is 0.811. The fraction of sp³-hybridized carbons (Fsp3) is 1.00. The summed E-state index contributed by atoms with van der Waals surface area (Å²) in [6.45, 7) is 0.833. The Morgan fingerprint density at radius 3 is 1.60 bits per heavy atom. The first kappa shape index (κ1) is 9.29. The Hall–Kier alpha value is 0.860. The molecule has 0 aliphatic carbocycles. The molecule has 28 valence electrons. The number of alkyl halides is 2. The van der Waals surface area contributed by atoms with Gasteiger partial charge in [-0.3, -0.25) is 0 Å². The summed E-state index contributed by atoms with van der Waals surface area (Å²) in [4.78, 5) is 0. The summed E-state index contributed by atoms with van der Waals surface area (Å²) < 4.78 is 20.7. The van der Waals surface area contributed by atoms with Gasteiger partial charge < -0.3 is 1.43 Å². The molecule has 0 saturated heterocycles. The quantitative estimate of drug-likeness (QED) is 0.314. The van der Waals surface area contributed by atoms with E-state index in [0.717, 1.165) is 6.92 Å². The minimum atomic E-state index is -2.17. The Bertz CT molecular complexity index is 16.3. The molecular weight excluding hydrogens is 85.0 g/mol. The third-order valence-electron chi connectivity index (χ3n) is 0. The predicted molar refractivity (Wildman–Crippen MR) is 12.8 cm³/mol. The van der Waals surface area contributed by atoms with Crippen molar-refractivity contribution in [3.8, 4) is 0 Å². The van der Waals surface area contributed by atoms with E-state index in [2.05, 4.69) is 0 Å². The van der Waals surface area contributed by atoms with Gasteiger partial charge >= 0.3 is 29.6 Å². The summed E-state index contributed by atoms with van der Waals surface area (Å²) in [5, 5.41) is 0. The molecule has 0 unspecified atom stereocenters. The Kier molecular flexibility index (Phi) is 9.03. The van der Waals surface area contributed by atoms with Gasteiger partial charge in [-0.2, -0.15) is 0 Å². The third kappa shape index (κ3) is 53.7. The first-order valence-corrected chi connectivity index (χ1v) is 1.01. The molecule has 3 heteroatoms. The van der Waals surface area contributed by atoms with E-state index in [1.807, 2.05) is 0 Å². The van der Waals surface area contributed by atoms with Crippen LogP contribution < -0.4 is 29.6 Å². The van der Waals surface area contributed by atoms with Gasteiger partial charge in [0.2, 0.25) is 6.43 Å². The summed E-state index contributed by atoms with van der Waals surface area (Å²) in [7, 11) is 0. The second-order valence-electron chi connectivity index (χ2n) is 0.519. The summed E-state index contributed by atoms with van der Waals surface area (Å²) >= 11 is 0. The topological polar surface area (TPSA) is 0 Å². The zero-order chi connectivity index (χ0) is 3.58. The van der Waals surface area contributed by atoms with Crippen LogP contribution in [0, 0.1) is 0 Å². The van der Waals surface area contributed by atoms with Crippen molar-refractivity contribution in [3.05, 3.63) is 0 Å². The van der Waals surface area contributed by atoms with Crippen LogP contribution in [-0.2, 0) is 0 Å². The average molecular weight is 90.0 g/mol. The van der Waals surface area contributed by atoms with Crippen LogP contribution in [0.15, 0.2) is 0 Å². The molecule has 0 aliphatic rings. The minimum Gasteiger partial charge on any atom is -1.00 e. The van der Waals surface area contributed by atoms with Crippen LogP contribution in [0.2, 0.25) is 0 Å².